The number of rotatable bonds is 1. The summed E-state index contributed by atoms with van der Waals surface area (Å²) in [7, 11) is 1.31. The van der Waals surface area contributed by atoms with E-state index in [1.165, 1.54) is 7.11 Å². The molecule has 0 saturated heterocycles. The van der Waals surface area contributed by atoms with Gasteiger partial charge in [-0.05, 0) is 18.2 Å². The van der Waals surface area contributed by atoms with E-state index in [0.29, 0.717) is 16.8 Å². The Kier molecular flexibility index (Phi) is 3.94. The van der Waals surface area contributed by atoms with Gasteiger partial charge < -0.3 is 10.5 Å². The standard InChI is InChI=1S/C12H10N2O2/c1-16-12(15)10-5-6-11(14)9(8-10)4-2-3-7-13/h5-6,8H,3,14H2,1H3. The number of esters is 1. The molecular weight excluding hydrogens is 204 g/mol. The first-order chi connectivity index (χ1) is 7.69. The average Bonchev–Trinajstić information content (AvgIpc) is 2.31. The molecule has 0 unspecified atom stereocenters. The molecule has 0 heterocycles. The quantitative estimate of drug-likeness (QED) is 0.434. The smallest absolute Gasteiger partial charge is 0.337 e. The van der Waals surface area contributed by atoms with Gasteiger partial charge in [-0.25, -0.2) is 4.79 Å². The van der Waals surface area contributed by atoms with Gasteiger partial charge in [-0.1, -0.05) is 11.8 Å². The Bertz CT molecular complexity index is 504. The normalized spacial score (nSPS) is 8.50. The fourth-order valence-electron chi connectivity index (χ4n) is 1.09. The molecule has 80 valence electrons. The largest absolute Gasteiger partial charge is 0.465 e. The van der Waals surface area contributed by atoms with Crippen molar-refractivity contribution in [2.45, 2.75) is 6.42 Å². The number of hydrogen-bond donors (Lipinski definition) is 1. The maximum atomic E-state index is 11.2. The van der Waals surface area contributed by atoms with Crippen LogP contribution in [0.4, 0.5) is 5.69 Å². The lowest BCUT2D eigenvalue weighted by Gasteiger charge is -2.02. The molecule has 0 spiro atoms. The molecule has 0 radical (unpaired) electrons. The molecular formula is C12H10N2O2. The summed E-state index contributed by atoms with van der Waals surface area (Å²) in [6, 6.07) is 6.60. The SMILES string of the molecule is COC(=O)c1ccc(N)c(C#CCC#N)c1. The minimum atomic E-state index is -0.441. The molecule has 1 rings (SSSR count). The van der Waals surface area contributed by atoms with Gasteiger partial charge in [0, 0.05) is 11.3 Å². The zero-order valence-corrected chi connectivity index (χ0v) is 8.78. The monoisotopic (exact) mass is 214 g/mol. The molecule has 0 aliphatic rings. The number of nitrogen functional groups attached to an aromatic ring is 1. The van der Waals surface area contributed by atoms with E-state index in [0.717, 1.165) is 0 Å². The molecule has 0 aromatic heterocycles. The van der Waals surface area contributed by atoms with Crippen LogP contribution in [0.3, 0.4) is 0 Å². The molecule has 0 fully saturated rings. The minimum absolute atomic E-state index is 0.127. The van der Waals surface area contributed by atoms with Gasteiger partial charge in [0.25, 0.3) is 0 Å². The van der Waals surface area contributed by atoms with Crippen molar-refractivity contribution >= 4 is 11.7 Å². The summed E-state index contributed by atoms with van der Waals surface area (Å²) in [4.78, 5) is 11.2. The van der Waals surface area contributed by atoms with Crippen molar-refractivity contribution in [2.24, 2.45) is 0 Å². The molecule has 0 aliphatic carbocycles. The van der Waals surface area contributed by atoms with Crippen molar-refractivity contribution in [1.82, 2.24) is 0 Å². The third kappa shape index (κ3) is 2.76. The summed E-state index contributed by atoms with van der Waals surface area (Å²) in [6.07, 6.45) is 0.127. The fourth-order valence-corrected chi connectivity index (χ4v) is 1.09. The molecule has 0 atom stereocenters. The predicted molar refractivity (Wildman–Crippen MR) is 59.3 cm³/mol. The number of anilines is 1. The molecule has 0 bridgehead atoms. The van der Waals surface area contributed by atoms with Crippen LogP contribution in [0, 0.1) is 23.2 Å². The summed E-state index contributed by atoms with van der Waals surface area (Å²) >= 11 is 0. The third-order valence-corrected chi connectivity index (χ3v) is 1.86. The van der Waals surface area contributed by atoms with E-state index in [-0.39, 0.29) is 6.42 Å². The molecule has 2 N–H and O–H groups in total. The summed E-state index contributed by atoms with van der Waals surface area (Å²) < 4.78 is 4.58. The number of carbonyl (C=O) groups excluding carboxylic acids is 1. The Morgan fingerprint density at radius 3 is 2.94 bits per heavy atom. The lowest BCUT2D eigenvalue weighted by atomic mass is 10.1. The predicted octanol–water partition coefficient (Wildman–Crippen LogP) is 1.32. The van der Waals surface area contributed by atoms with Crippen LogP contribution in [-0.2, 0) is 4.74 Å². The Morgan fingerprint density at radius 2 is 2.31 bits per heavy atom. The molecule has 4 nitrogen and oxygen atoms in total. The number of hydrogen-bond acceptors (Lipinski definition) is 4. The highest BCUT2D eigenvalue weighted by molar-refractivity contribution is 5.90. The molecule has 0 saturated carbocycles. The fraction of sp³-hybridized carbons (Fsp3) is 0.167. The number of carbonyl (C=O) groups is 1. The van der Waals surface area contributed by atoms with Crippen LogP contribution in [0.25, 0.3) is 0 Å². The Hall–Kier alpha value is -2.46. The number of benzene rings is 1. The zero-order valence-electron chi connectivity index (χ0n) is 8.78. The Labute approximate surface area is 93.6 Å². The first-order valence-corrected chi connectivity index (χ1v) is 4.52. The van der Waals surface area contributed by atoms with Gasteiger partial charge >= 0.3 is 5.97 Å². The number of ether oxygens (including phenoxy) is 1. The van der Waals surface area contributed by atoms with Gasteiger partial charge in [-0.2, -0.15) is 5.26 Å². The van der Waals surface area contributed by atoms with Crippen molar-refractivity contribution in [1.29, 1.82) is 5.26 Å². The minimum Gasteiger partial charge on any atom is -0.465 e. The summed E-state index contributed by atoms with van der Waals surface area (Å²) in [5, 5.41) is 8.34. The summed E-state index contributed by atoms with van der Waals surface area (Å²) in [5.41, 5.74) is 7.06. The van der Waals surface area contributed by atoms with E-state index in [1.54, 1.807) is 18.2 Å². The van der Waals surface area contributed by atoms with Crippen LogP contribution >= 0.6 is 0 Å². The number of nitrogens with zero attached hydrogens (tertiary/aromatic N) is 1. The van der Waals surface area contributed by atoms with Crippen molar-refractivity contribution in [3.63, 3.8) is 0 Å². The van der Waals surface area contributed by atoms with E-state index in [4.69, 9.17) is 11.0 Å². The van der Waals surface area contributed by atoms with Crippen LogP contribution in [0.15, 0.2) is 18.2 Å². The maximum Gasteiger partial charge on any atom is 0.337 e. The topological polar surface area (TPSA) is 76.1 Å². The van der Waals surface area contributed by atoms with Gasteiger partial charge in [0.15, 0.2) is 0 Å². The second-order valence-corrected chi connectivity index (χ2v) is 2.93. The van der Waals surface area contributed by atoms with Gasteiger partial charge in [-0.3, -0.25) is 0 Å². The summed E-state index contributed by atoms with van der Waals surface area (Å²) in [5.74, 6) is 4.92. The van der Waals surface area contributed by atoms with Crippen molar-refractivity contribution < 1.29 is 9.53 Å². The van der Waals surface area contributed by atoms with Gasteiger partial charge in [0.2, 0.25) is 0 Å². The molecule has 4 heteroatoms. The van der Waals surface area contributed by atoms with E-state index >= 15 is 0 Å². The van der Waals surface area contributed by atoms with Crippen molar-refractivity contribution in [2.75, 3.05) is 12.8 Å². The van der Waals surface area contributed by atoms with Crippen LogP contribution < -0.4 is 5.73 Å². The average molecular weight is 214 g/mol. The van der Waals surface area contributed by atoms with E-state index < -0.39 is 5.97 Å². The Balaban J connectivity index is 3.06. The maximum absolute atomic E-state index is 11.2. The van der Waals surface area contributed by atoms with Crippen molar-refractivity contribution in [3.8, 4) is 17.9 Å². The van der Waals surface area contributed by atoms with E-state index in [1.807, 2.05) is 6.07 Å². The van der Waals surface area contributed by atoms with E-state index in [2.05, 4.69) is 16.6 Å². The third-order valence-electron chi connectivity index (χ3n) is 1.86. The first-order valence-electron chi connectivity index (χ1n) is 4.52. The van der Waals surface area contributed by atoms with Crippen LogP contribution in [0.2, 0.25) is 0 Å². The van der Waals surface area contributed by atoms with Crippen LogP contribution in [-0.4, -0.2) is 13.1 Å². The number of nitriles is 1. The van der Waals surface area contributed by atoms with Crippen LogP contribution in [0.5, 0.6) is 0 Å². The Morgan fingerprint density at radius 1 is 1.56 bits per heavy atom. The highest BCUT2D eigenvalue weighted by Gasteiger charge is 2.06. The van der Waals surface area contributed by atoms with Gasteiger partial charge in [-0.15, -0.1) is 0 Å². The molecule has 0 amide bonds. The highest BCUT2D eigenvalue weighted by atomic mass is 16.5. The highest BCUT2D eigenvalue weighted by Crippen LogP contribution is 2.13. The van der Waals surface area contributed by atoms with Crippen molar-refractivity contribution in [3.05, 3.63) is 29.3 Å². The van der Waals surface area contributed by atoms with Gasteiger partial charge in [0.05, 0.1) is 25.2 Å². The molecule has 1 aromatic rings. The lowest BCUT2D eigenvalue weighted by Crippen LogP contribution is -2.02. The second kappa shape index (κ2) is 5.43. The number of nitrogens with two attached hydrogens (primary N) is 1. The molecule has 16 heavy (non-hydrogen) atoms. The van der Waals surface area contributed by atoms with Crippen LogP contribution in [0.1, 0.15) is 22.3 Å². The van der Waals surface area contributed by atoms with Gasteiger partial charge in [0.1, 0.15) is 0 Å². The van der Waals surface area contributed by atoms with E-state index in [9.17, 15) is 4.79 Å². The lowest BCUT2D eigenvalue weighted by molar-refractivity contribution is 0.0600. The zero-order chi connectivity index (χ0) is 12.0. The first kappa shape index (κ1) is 11.6. The second-order valence-electron chi connectivity index (χ2n) is 2.93. The summed E-state index contributed by atoms with van der Waals surface area (Å²) in [6.45, 7) is 0. The molecule has 0 aliphatic heterocycles. The molecule has 1 aromatic carbocycles. The number of methoxy groups -OCH3 is 1.